The summed E-state index contributed by atoms with van der Waals surface area (Å²) in [6, 6.07) is 10.3. The van der Waals surface area contributed by atoms with Gasteiger partial charge in [0.15, 0.2) is 9.84 Å². The molecule has 0 aliphatic carbocycles. The maximum atomic E-state index is 12.2. The molecule has 2 heterocycles. The van der Waals surface area contributed by atoms with Crippen molar-refractivity contribution in [3.05, 3.63) is 59.2 Å². The largest absolute Gasteiger partial charge is 0.461 e. The van der Waals surface area contributed by atoms with E-state index in [0.29, 0.717) is 11.3 Å². The Morgan fingerprint density at radius 3 is 2.73 bits per heavy atom. The van der Waals surface area contributed by atoms with Crippen LogP contribution < -0.4 is 5.32 Å². The molecule has 1 aromatic carbocycles. The summed E-state index contributed by atoms with van der Waals surface area (Å²) >= 11 is 0. The summed E-state index contributed by atoms with van der Waals surface area (Å²) in [6.07, 6.45) is 1.49. The van der Waals surface area contributed by atoms with Crippen LogP contribution in [0.1, 0.15) is 16.1 Å². The second kappa shape index (κ2) is 5.46. The Hall–Kier alpha value is -2.34. The Bertz CT molecular complexity index is 849. The van der Waals surface area contributed by atoms with E-state index in [0.717, 1.165) is 16.7 Å². The van der Waals surface area contributed by atoms with Gasteiger partial charge in [0.1, 0.15) is 11.5 Å². The number of furan rings is 1. The Balaban J connectivity index is 1.78. The van der Waals surface area contributed by atoms with Crippen LogP contribution in [-0.4, -0.2) is 26.1 Å². The zero-order valence-corrected chi connectivity index (χ0v) is 12.8. The molecule has 3 rings (SSSR count). The van der Waals surface area contributed by atoms with E-state index in [9.17, 15) is 13.2 Å². The van der Waals surface area contributed by atoms with Gasteiger partial charge in [-0.15, -0.1) is 0 Å². The van der Waals surface area contributed by atoms with E-state index < -0.39 is 15.9 Å². The molecule has 1 aliphatic rings. The minimum atomic E-state index is -3.18. The van der Waals surface area contributed by atoms with E-state index in [1.807, 2.05) is 25.1 Å². The molecule has 6 heteroatoms. The topological polar surface area (TPSA) is 76.4 Å². The molecule has 1 N–H and O–H groups in total. The lowest BCUT2D eigenvalue weighted by atomic mass is 10.1. The van der Waals surface area contributed by atoms with Gasteiger partial charge < -0.3 is 9.73 Å². The van der Waals surface area contributed by atoms with Crippen molar-refractivity contribution in [1.29, 1.82) is 0 Å². The van der Waals surface area contributed by atoms with E-state index in [-0.39, 0.29) is 11.7 Å². The second-order valence-electron chi connectivity index (χ2n) is 5.23. The van der Waals surface area contributed by atoms with Crippen molar-refractivity contribution in [2.24, 2.45) is 0 Å². The fourth-order valence-electron chi connectivity index (χ4n) is 2.32. The van der Waals surface area contributed by atoms with E-state index >= 15 is 0 Å². The molecule has 0 fully saturated rings. The third kappa shape index (κ3) is 3.12. The standard InChI is InChI=1S/C16H15NO4S/c1-11-5-6-15(21-11)12-3-2-4-13(9-12)16(18)17-14-7-8-22(19,20)10-14/h2-9,14H,10H2,1H3,(H,17,18)/t14-/m0/s1. The molecule has 0 radical (unpaired) electrons. The van der Waals surface area contributed by atoms with Crippen LogP contribution in [0.3, 0.4) is 0 Å². The summed E-state index contributed by atoms with van der Waals surface area (Å²) in [5.74, 6) is 1.09. The number of nitrogens with one attached hydrogen (secondary N) is 1. The van der Waals surface area contributed by atoms with Gasteiger partial charge >= 0.3 is 0 Å². The third-order valence-electron chi connectivity index (χ3n) is 3.40. The number of aryl methyl sites for hydroxylation is 1. The molecule has 0 bridgehead atoms. The lowest BCUT2D eigenvalue weighted by molar-refractivity contribution is 0.0947. The number of carbonyl (C=O) groups excluding carboxylic acids is 1. The number of hydrogen-bond donors (Lipinski definition) is 1. The highest BCUT2D eigenvalue weighted by atomic mass is 32.2. The van der Waals surface area contributed by atoms with Crippen LogP contribution in [0.15, 0.2) is 52.3 Å². The van der Waals surface area contributed by atoms with Gasteiger partial charge in [-0.2, -0.15) is 0 Å². The van der Waals surface area contributed by atoms with Gasteiger partial charge in [0.2, 0.25) is 0 Å². The SMILES string of the molecule is Cc1ccc(-c2cccc(C(=O)N[C@H]3C=CS(=O)(=O)C3)c2)o1. The van der Waals surface area contributed by atoms with Crippen molar-refractivity contribution in [2.45, 2.75) is 13.0 Å². The van der Waals surface area contributed by atoms with E-state index in [2.05, 4.69) is 5.32 Å². The van der Waals surface area contributed by atoms with Crippen molar-refractivity contribution in [2.75, 3.05) is 5.75 Å². The van der Waals surface area contributed by atoms with E-state index in [4.69, 9.17) is 4.42 Å². The molecule has 0 saturated heterocycles. The predicted octanol–water partition coefficient (Wildman–Crippen LogP) is 2.30. The van der Waals surface area contributed by atoms with Crippen molar-refractivity contribution in [1.82, 2.24) is 5.32 Å². The number of hydrogen-bond acceptors (Lipinski definition) is 4. The van der Waals surface area contributed by atoms with Crippen LogP contribution in [0.4, 0.5) is 0 Å². The summed E-state index contributed by atoms with van der Waals surface area (Å²) in [4.78, 5) is 12.2. The lowest BCUT2D eigenvalue weighted by Gasteiger charge is -2.10. The first-order valence-corrected chi connectivity index (χ1v) is 8.53. The van der Waals surface area contributed by atoms with Gasteiger partial charge in [-0.3, -0.25) is 4.79 Å². The number of rotatable bonds is 3. The molecular weight excluding hydrogens is 302 g/mol. The van der Waals surface area contributed by atoms with Crippen LogP contribution in [0, 0.1) is 6.92 Å². The van der Waals surface area contributed by atoms with Crippen molar-refractivity contribution in [3.8, 4) is 11.3 Å². The minimum absolute atomic E-state index is 0.0875. The predicted molar refractivity (Wildman–Crippen MR) is 83.1 cm³/mol. The Morgan fingerprint density at radius 2 is 2.09 bits per heavy atom. The normalized spacial score (nSPS) is 19.2. The first-order chi connectivity index (χ1) is 10.4. The lowest BCUT2D eigenvalue weighted by Crippen LogP contribution is -2.35. The average molecular weight is 317 g/mol. The molecular formula is C16H15NO4S. The van der Waals surface area contributed by atoms with Gasteiger partial charge in [-0.05, 0) is 37.3 Å². The van der Waals surface area contributed by atoms with Crippen molar-refractivity contribution < 1.29 is 17.6 Å². The fraction of sp³-hybridized carbons (Fsp3) is 0.188. The van der Waals surface area contributed by atoms with Crippen LogP contribution in [0.5, 0.6) is 0 Å². The zero-order chi connectivity index (χ0) is 15.7. The second-order valence-corrected chi connectivity index (χ2v) is 7.16. The van der Waals surface area contributed by atoms with Crippen LogP contribution in [0.2, 0.25) is 0 Å². The molecule has 1 aromatic heterocycles. The Kier molecular flexibility index (Phi) is 3.62. The van der Waals surface area contributed by atoms with Crippen LogP contribution in [0.25, 0.3) is 11.3 Å². The molecule has 22 heavy (non-hydrogen) atoms. The van der Waals surface area contributed by atoms with Gasteiger partial charge in [0, 0.05) is 16.5 Å². The summed E-state index contributed by atoms with van der Waals surface area (Å²) < 4.78 is 28.2. The highest BCUT2D eigenvalue weighted by Gasteiger charge is 2.23. The smallest absolute Gasteiger partial charge is 0.251 e. The number of benzene rings is 1. The van der Waals surface area contributed by atoms with Gasteiger partial charge in [-0.1, -0.05) is 12.1 Å². The highest BCUT2D eigenvalue weighted by molar-refractivity contribution is 7.94. The van der Waals surface area contributed by atoms with Gasteiger partial charge in [0.05, 0.1) is 11.8 Å². The molecule has 0 spiro atoms. The first-order valence-electron chi connectivity index (χ1n) is 6.82. The number of carbonyl (C=O) groups is 1. The minimum Gasteiger partial charge on any atom is -0.461 e. The molecule has 5 nitrogen and oxygen atoms in total. The summed E-state index contributed by atoms with van der Waals surface area (Å²) in [5, 5.41) is 3.84. The summed E-state index contributed by atoms with van der Waals surface area (Å²) in [6.45, 7) is 1.85. The van der Waals surface area contributed by atoms with Crippen LogP contribution >= 0.6 is 0 Å². The van der Waals surface area contributed by atoms with Crippen molar-refractivity contribution >= 4 is 15.7 Å². The molecule has 1 amide bonds. The number of sulfone groups is 1. The third-order valence-corrected chi connectivity index (χ3v) is 4.79. The fourth-order valence-corrected chi connectivity index (χ4v) is 3.56. The zero-order valence-electron chi connectivity index (χ0n) is 11.9. The molecule has 0 unspecified atom stereocenters. The molecule has 114 valence electrons. The Labute approximate surface area is 128 Å². The number of amides is 1. The van der Waals surface area contributed by atoms with E-state index in [1.165, 1.54) is 6.08 Å². The summed E-state index contributed by atoms with van der Waals surface area (Å²) in [5.41, 5.74) is 1.26. The summed E-state index contributed by atoms with van der Waals surface area (Å²) in [7, 11) is -3.18. The molecule has 1 atom stereocenters. The van der Waals surface area contributed by atoms with E-state index in [1.54, 1.807) is 18.2 Å². The quantitative estimate of drug-likeness (QED) is 0.942. The van der Waals surface area contributed by atoms with Crippen molar-refractivity contribution in [3.63, 3.8) is 0 Å². The maximum absolute atomic E-state index is 12.2. The Morgan fingerprint density at radius 1 is 1.27 bits per heavy atom. The highest BCUT2D eigenvalue weighted by Crippen LogP contribution is 2.23. The molecule has 1 aliphatic heterocycles. The first kappa shape index (κ1) is 14.6. The monoisotopic (exact) mass is 317 g/mol. The molecule has 2 aromatic rings. The van der Waals surface area contributed by atoms with Crippen LogP contribution in [-0.2, 0) is 9.84 Å². The maximum Gasteiger partial charge on any atom is 0.251 e. The van der Waals surface area contributed by atoms with Gasteiger partial charge in [-0.25, -0.2) is 8.42 Å². The molecule has 0 saturated carbocycles. The average Bonchev–Trinajstić information content (AvgIpc) is 3.05. The van der Waals surface area contributed by atoms with Gasteiger partial charge in [0.25, 0.3) is 5.91 Å².